The van der Waals surface area contributed by atoms with Gasteiger partial charge in [-0.2, -0.15) is 0 Å². The smallest absolute Gasteiger partial charge is 0.0474 e. The minimum atomic E-state index is -0.923. The van der Waals surface area contributed by atoms with Gasteiger partial charge in [-0.05, 0) is 10.8 Å². The third kappa shape index (κ3) is 10.5. The summed E-state index contributed by atoms with van der Waals surface area (Å²) in [5.74, 6) is 0. The minimum Gasteiger partial charge on any atom is -0.0693 e. The van der Waals surface area contributed by atoms with Crippen LogP contribution in [0.25, 0.3) is 0 Å². The zero-order valence-electron chi connectivity index (χ0n) is 12.3. The summed E-state index contributed by atoms with van der Waals surface area (Å²) in [6, 6.07) is 2.99. The summed E-state index contributed by atoms with van der Waals surface area (Å²) in [6.07, 6.45) is 2.80. The second-order valence-corrected chi connectivity index (χ2v) is 13.6. The van der Waals surface area contributed by atoms with Crippen molar-refractivity contribution in [1.29, 1.82) is 0 Å². The van der Waals surface area contributed by atoms with Gasteiger partial charge in [0.1, 0.15) is 0 Å². The fourth-order valence-electron chi connectivity index (χ4n) is 1.55. The van der Waals surface area contributed by atoms with E-state index in [0.717, 1.165) is 0 Å². The summed E-state index contributed by atoms with van der Waals surface area (Å²) in [6.45, 7) is 19.3. The molecule has 0 radical (unpaired) electrons. The first-order chi connectivity index (χ1) is 6.41. The molecule has 0 aromatic rings. The zero-order chi connectivity index (χ0) is 12.3. The molecule has 0 amide bonds. The van der Waals surface area contributed by atoms with Crippen LogP contribution in [0, 0.1) is 10.8 Å². The molecule has 0 nitrogen and oxygen atoms in total. The van der Waals surface area contributed by atoms with E-state index < -0.39 is 8.07 Å². The van der Waals surface area contributed by atoms with E-state index in [9.17, 15) is 0 Å². The van der Waals surface area contributed by atoms with Crippen LogP contribution < -0.4 is 0 Å². The maximum atomic E-state index is 2.56. The van der Waals surface area contributed by atoms with Crippen molar-refractivity contribution in [2.45, 2.75) is 79.6 Å². The first kappa shape index (κ1) is 15.2. The van der Waals surface area contributed by atoms with Gasteiger partial charge in [-0.25, -0.2) is 0 Å². The molecule has 0 aromatic carbocycles. The Morgan fingerprint density at radius 3 is 1.13 bits per heavy atom. The molecule has 0 aliphatic heterocycles. The van der Waals surface area contributed by atoms with Crippen molar-refractivity contribution in [2.24, 2.45) is 10.8 Å². The third-order valence-electron chi connectivity index (χ3n) is 3.10. The molecule has 0 fully saturated rings. The van der Waals surface area contributed by atoms with Crippen LogP contribution in [-0.4, -0.2) is 8.07 Å². The molecule has 0 aromatic heterocycles. The Labute approximate surface area is 98.9 Å². The van der Waals surface area contributed by atoms with Gasteiger partial charge in [-0.3, -0.25) is 0 Å². The number of hydrogen-bond acceptors (Lipinski definition) is 0. The monoisotopic (exact) mass is 228 g/mol. The lowest BCUT2D eigenvalue weighted by molar-refractivity contribution is 0.386. The SMILES string of the molecule is CC(C)(C)CC[Si](C)(C)CCC(C)(C)C. The Morgan fingerprint density at radius 1 is 0.667 bits per heavy atom. The van der Waals surface area contributed by atoms with E-state index in [-0.39, 0.29) is 0 Å². The van der Waals surface area contributed by atoms with Gasteiger partial charge < -0.3 is 0 Å². The van der Waals surface area contributed by atoms with Gasteiger partial charge in [0.15, 0.2) is 0 Å². The van der Waals surface area contributed by atoms with Crippen LogP contribution in [0.5, 0.6) is 0 Å². The van der Waals surface area contributed by atoms with Crippen molar-refractivity contribution < 1.29 is 0 Å². The molecule has 0 rings (SSSR count). The number of hydrogen-bond donors (Lipinski definition) is 0. The van der Waals surface area contributed by atoms with Crippen LogP contribution in [0.2, 0.25) is 25.2 Å². The van der Waals surface area contributed by atoms with E-state index >= 15 is 0 Å². The van der Waals surface area contributed by atoms with Crippen LogP contribution in [-0.2, 0) is 0 Å². The van der Waals surface area contributed by atoms with Crippen molar-refractivity contribution in [3.8, 4) is 0 Å². The summed E-state index contributed by atoms with van der Waals surface area (Å²) in [5, 5.41) is 0. The predicted molar refractivity (Wildman–Crippen MR) is 75.2 cm³/mol. The largest absolute Gasteiger partial charge is 0.0693 e. The quantitative estimate of drug-likeness (QED) is 0.552. The zero-order valence-corrected chi connectivity index (χ0v) is 13.3. The highest BCUT2D eigenvalue weighted by molar-refractivity contribution is 6.77. The maximum Gasteiger partial charge on any atom is 0.0474 e. The summed E-state index contributed by atoms with van der Waals surface area (Å²) in [5.41, 5.74) is 1.04. The fraction of sp³-hybridized carbons (Fsp3) is 1.00. The molecule has 0 bridgehead atoms. The summed E-state index contributed by atoms with van der Waals surface area (Å²) < 4.78 is 0. The first-order valence-electron chi connectivity index (χ1n) is 6.41. The van der Waals surface area contributed by atoms with Gasteiger partial charge in [0.2, 0.25) is 0 Å². The first-order valence-corrected chi connectivity index (χ1v) is 9.83. The van der Waals surface area contributed by atoms with Gasteiger partial charge in [-0.1, -0.05) is 79.6 Å². The average molecular weight is 228 g/mol. The van der Waals surface area contributed by atoms with Crippen LogP contribution >= 0.6 is 0 Å². The Balaban J connectivity index is 3.98. The van der Waals surface area contributed by atoms with Gasteiger partial charge >= 0.3 is 0 Å². The minimum absolute atomic E-state index is 0.520. The normalized spacial score (nSPS) is 14.4. The van der Waals surface area contributed by atoms with Crippen molar-refractivity contribution >= 4 is 8.07 Å². The Bertz CT molecular complexity index is 158. The van der Waals surface area contributed by atoms with E-state index in [1.807, 2.05) is 0 Å². The van der Waals surface area contributed by atoms with Crippen LogP contribution in [0.15, 0.2) is 0 Å². The van der Waals surface area contributed by atoms with Crippen molar-refractivity contribution in [2.75, 3.05) is 0 Å². The average Bonchev–Trinajstić information content (AvgIpc) is 1.96. The van der Waals surface area contributed by atoms with Gasteiger partial charge in [0.05, 0.1) is 0 Å². The highest BCUT2D eigenvalue weighted by Crippen LogP contribution is 2.32. The molecule has 15 heavy (non-hydrogen) atoms. The number of rotatable bonds is 4. The highest BCUT2D eigenvalue weighted by Gasteiger charge is 2.25. The van der Waals surface area contributed by atoms with Gasteiger partial charge in [0.25, 0.3) is 0 Å². The summed E-state index contributed by atoms with van der Waals surface area (Å²) in [7, 11) is -0.923. The van der Waals surface area contributed by atoms with Crippen molar-refractivity contribution in [1.82, 2.24) is 0 Å². The second-order valence-electron chi connectivity index (χ2n) is 8.29. The molecule has 0 spiro atoms. The molecule has 1 heteroatoms. The molecule has 0 atom stereocenters. The topological polar surface area (TPSA) is 0 Å². The molecule has 0 heterocycles. The standard InChI is InChI=1S/C14H32Si/c1-13(2,3)9-11-15(7,8)12-10-14(4,5)6/h9-12H2,1-8H3. The highest BCUT2D eigenvalue weighted by atomic mass is 28.3. The molecule has 0 aliphatic rings. The van der Waals surface area contributed by atoms with Crippen molar-refractivity contribution in [3.63, 3.8) is 0 Å². The molecule has 0 N–H and O–H groups in total. The van der Waals surface area contributed by atoms with Crippen molar-refractivity contribution in [3.05, 3.63) is 0 Å². The molecule has 0 aliphatic carbocycles. The van der Waals surface area contributed by atoms with Crippen LogP contribution in [0.4, 0.5) is 0 Å². The molecule has 0 saturated carbocycles. The summed E-state index contributed by atoms with van der Waals surface area (Å²) >= 11 is 0. The molecular formula is C14H32Si. The Hall–Kier alpha value is 0.217. The molecule has 0 saturated heterocycles. The second kappa shape index (κ2) is 5.03. The van der Waals surface area contributed by atoms with E-state index in [4.69, 9.17) is 0 Å². The van der Waals surface area contributed by atoms with Gasteiger partial charge in [0, 0.05) is 8.07 Å². The maximum absolute atomic E-state index is 2.56. The lowest BCUT2D eigenvalue weighted by Crippen LogP contribution is -2.28. The van der Waals surface area contributed by atoms with Crippen LogP contribution in [0.1, 0.15) is 54.4 Å². The van der Waals surface area contributed by atoms with E-state index in [1.54, 1.807) is 0 Å². The molecular weight excluding hydrogens is 196 g/mol. The lowest BCUT2D eigenvalue weighted by Gasteiger charge is -2.30. The van der Waals surface area contributed by atoms with E-state index in [2.05, 4.69) is 54.6 Å². The fourth-order valence-corrected chi connectivity index (χ4v) is 4.66. The van der Waals surface area contributed by atoms with Gasteiger partial charge in [-0.15, -0.1) is 0 Å². The Morgan fingerprint density at radius 2 is 0.933 bits per heavy atom. The molecule has 92 valence electrons. The predicted octanol–water partition coefficient (Wildman–Crippen LogP) is 5.57. The van der Waals surface area contributed by atoms with E-state index in [0.29, 0.717) is 10.8 Å². The summed E-state index contributed by atoms with van der Waals surface area (Å²) in [4.78, 5) is 0. The lowest BCUT2D eigenvalue weighted by atomic mass is 9.93. The third-order valence-corrected chi connectivity index (χ3v) is 6.31. The Kier molecular flexibility index (Phi) is 5.10. The van der Waals surface area contributed by atoms with E-state index in [1.165, 1.54) is 24.9 Å². The van der Waals surface area contributed by atoms with Crippen LogP contribution in [0.3, 0.4) is 0 Å². The molecule has 0 unspecified atom stereocenters.